The largest absolute Gasteiger partial charge is 0.461 e. The summed E-state index contributed by atoms with van der Waals surface area (Å²) >= 11 is 7.72. The van der Waals surface area contributed by atoms with Crippen LogP contribution in [0.2, 0.25) is 5.02 Å². The highest BCUT2D eigenvalue weighted by Gasteiger charge is 2.28. The van der Waals surface area contributed by atoms with Crippen LogP contribution in [0.4, 0.5) is 0 Å². The predicted octanol–water partition coefficient (Wildman–Crippen LogP) is 6.47. The Hall–Kier alpha value is -1.98. The predicted molar refractivity (Wildman–Crippen MR) is 122 cm³/mol. The maximum absolute atomic E-state index is 12.6. The van der Waals surface area contributed by atoms with Gasteiger partial charge in [0.2, 0.25) is 0 Å². The van der Waals surface area contributed by atoms with Crippen molar-refractivity contribution in [3.05, 3.63) is 65.2 Å². The standard InChI is InChI=1S/C24H29ClO4S/c1-16(14-21(26)29-24(3,4)5)23(27)28-17(2)22(18-10-7-6-8-11-18)30-20-13-9-12-19(25)15-20/h6-13,15-17,22H,14H2,1-5H3/t16-,17+,22+/m1/s1. The fourth-order valence-corrected chi connectivity index (χ4v) is 4.28. The zero-order valence-corrected chi connectivity index (χ0v) is 19.6. The molecule has 0 radical (unpaired) electrons. The van der Waals surface area contributed by atoms with Crippen LogP contribution in [-0.2, 0) is 19.1 Å². The van der Waals surface area contributed by atoms with Crippen LogP contribution in [0.15, 0.2) is 59.5 Å². The van der Waals surface area contributed by atoms with Crippen molar-refractivity contribution in [3.8, 4) is 0 Å². The van der Waals surface area contributed by atoms with E-state index in [1.807, 2.05) is 61.5 Å². The minimum atomic E-state index is -0.588. The van der Waals surface area contributed by atoms with E-state index in [-0.39, 0.29) is 11.7 Å². The molecule has 0 saturated heterocycles. The lowest BCUT2D eigenvalue weighted by Crippen LogP contribution is -2.29. The summed E-state index contributed by atoms with van der Waals surface area (Å²) in [5.41, 5.74) is 0.461. The number of carbonyl (C=O) groups is 2. The van der Waals surface area contributed by atoms with Crippen LogP contribution >= 0.6 is 23.4 Å². The molecule has 0 fully saturated rings. The Kier molecular flexibility index (Phi) is 8.80. The fourth-order valence-electron chi connectivity index (χ4n) is 2.84. The molecule has 0 aliphatic heterocycles. The maximum atomic E-state index is 12.6. The molecule has 0 bridgehead atoms. The number of thioether (sulfide) groups is 1. The quantitative estimate of drug-likeness (QED) is 0.342. The molecule has 0 amide bonds. The smallest absolute Gasteiger partial charge is 0.309 e. The molecular weight excluding hydrogens is 420 g/mol. The monoisotopic (exact) mass is 448 g/mol. The number of esters is 2. The molecule has 2 aromatic rings. The van der Waals surface area contributed by atoms with E-state index < -0.39 is 29.6 Å². The van der Waals surface area contributed by atoms with Gasteiger partial charge in [-0.1, -0.05) is 54.9 Å². The van der Waals surface area contributed by atoms with E-state index in [1.165, 1.54) is 0 Å². The zero-order valence-electron chi connectivity index (χ0n) is 18.1. The third-order valence-electron chi connectivity index (χ3n) is 4.21. The van der Waals surface area contributed by atoms with E-state index in [2.05, 4.69) is 0 Å². The Morgan fingerprint density at radius 3 is 2.30 bits per heavy atom. The normalized spacial score (nSPS) is 14.5. The van der Waals surface area contributed by atoms with Crippen LogP contribution < -0.4 is 0 Å². The van der Waals surface area contributed by atoms with Crippen LogP contribution in [0, 0.1) is 5.92 Å². The minimum Gasteiger partial charge on any atom is -0.461 e. The number of benzene rings is 2. The van der Waals surface area contributed by atoms with Gasteiger partial charge in [-0.05, 0) is 51.5 Å². The van der Waals surface area contributed by atoms with E-state index in [1.54, 1.807) is 39.5 Å². The van der Waals surface area contributed by atoms with Crippen LogP contribution in [-0.4, -0.2) is 23.6 Å². The Morgan fingerprint density at radius 1 is 1.03 bits per heavy atom. The Labute approximate surface area is 188 Å². The minimum absolute atomic E-state index is 0.0136. The average Bonchev–Trinajstić information content (AvgIpc) is 2.65. The zero-order chi connectivity index (χ0) is 22.3. The van der Waals surface area contributed by atoms with Gasteiger partial charge in [-0.15, -0.1) is 11.8 Å². The van der Waals surface area contributed by atoms with Gasteiger partial charge in [0.1, 0.15) is 11.7 Å². The van der Waals surface area contributed by atoms with E-state index in [9.17, 15) is 9.59 Å². The first-order chi connectivity index (χ1) is 14.0. The van der Waals surface area contributed by atoms with E-state index in [0.717, 1.165) is 10.5 Å². The first kappa shape index (κ1) is 24.3. The van der Waals surface area contributed by atoms with Crippen molar-refractivity contribution in [2.75, 3.05) is 0 Å². The maximum Gasteiger partial charge on any atom is 0.309 e. The Balaban J connectivity index is 2.09. The van der Waals surface area contributed by atoms with Crippen molar-refractivity contribution in [3.63, 3.8) is 0 Å². The molecule has 3 atom stereocenters. The topological polar surface area (TPSA) is 52.6 Å². The van der Waals surface area contributed by atoms with Gasteiger partial charge in [0.05, 0.1) is 17.6 Å². The molecule has 0 saturated carbocycles. The molecule has 0 heterocycles. The fraction of sp³-hybridized carbons (Fsp3) is 0.417. The van der Waals surface area contributed by atoms with Gasteiger partial charge in [0.25, 0.3) is 0 Å². The number of halogens is 1. The number of ether oxygens (including phenoxy) is 2. The van der Waals surface area contributed by atoms with Crippen LogP contribution in [0.25, 0.3) is 0 Å². The molecule has 162 valence electrons. The third kappa shape index (κ3) is 8.04. The number of rotatable bonds is 8. The van der Waals surface area contributed by atoms with Crippen LogP contribution in [0.1, 0.15) is 51.9 Å². The second kappa shape index (κ2) is 10.9. The highest BCUT2D eigenvalue weighted by molar-refractivity contribution is 7.99. The summed E-state index contributed by atoms with van der Waals surface area (Å²) in [7, 11) is 0. The van der Waals surface area contributed by atoms with Crippen molar-refractivity contribution >= 4 is 35.3 Å². The highest BCUT2D eigenvalue weighted by Crippen LogP contribution is 2.39. The van der Waals surface area contributed by atoms with Crippen molar-refractivity contribution in [1.29, 1.82) is 0 Å². The third-order valence-corrected chi connectivity index (χ3v) is 5.88. The number of hydrogen-bond acceptors (Lipinski definition) is 5. The van der Waals surface area contributed by atoms with Gasteiger partial charge >= 0.3 is 11.9 Å². The summed E-state index contributed by atoms with van der Waals surface area (Å²) in [6.45, 7) is 8.95. The molecule has 30 heavy (non-hydrogen) atoms. The molecule has 0 unspecified atom stereocenters. The van der Waals surface area contributed by atoms with E-state index >= 15 is 0 Å². The summed E-state index contributed by atoms with van der Waals surface area (Å²) in [6.07, 6.45) is -0.426. The summed E-state index contributed by atoms with van der Waals surface area (Å²) in [4.78, 5) is 25.7. The van der Waals surface area contributed by atoms with E-state index in [0.29, 0.717) is 5.02 Å². The Bertz CT molecular complexity index is 848. The molecular formula is C24H29ClO4S. The average molecular weight is 449 g/mol. The van der Waals surface area contributed by atoms with Crippen molar-refractivity contribution in [2.24, 2.45) is 5.92 Å². The lowest BCUT2D eigenvalue weighted by atomic mass is 10.1. The van der Waals surface area contributed by atoms with Gasteiger partial charge in [0.15, 0.2) is 0 Å². The SMILES string of the molecule is C[C@H](CC(=O)OC(C)(C)C)C(=O)O[C@@H](C)[C@H](Sc1cccc(Cl)c1)c1ccccc1. The lowest BCUT2D eigenvalue weighted by Gasteiger charge is -2.26. The van der Waals surface area contributed by atoms with Gasteiger partial charge in [-0.3, -0.25) is 9.59 Å². The summed E-state index contributed by atoms with van der Waals surface area (Å²) in [5.74, 6) is -1.41. The second-order valence-electron chi connectivity index (χ2n) is 8.24. The molecule has 2 rings (SSSR count). The highest BCUT2D eigenvalue weighted by atomic mass is 35.5. The second-order valence-corrected chi connectivity index (χ2v) is 9.89. The summed E-state index contributed by atoms with van der Waals surface area (Å²) in [6, 6.07) is 17.5. The molecule has 4 nitrogen and oxygen atoms in total. The number of hydrogen-bond donors (Lipinski definition) is 0. The molecule has 0 N–H and O–H groups in total. The van der Waals surface area contributed by atoms with E-state index in [4.69, 9.17) is 21.1 Å². The first-order valence-corrected chi connectivity index (χ1v) is 11.2. The first-order valence-electron chi connectivity index (χ1n) is 9.94. The van der Waals surface area contributed by atoms with Crippen molar-refractivity contribution in [2.45, 2.75) is 62.9 Å². The van der Waals surface area contributed by atoms with Crippen LogP contribution in [0.5, 0.6) is 0 Å². The van der Waals surface area contributed by atoms with Crippen molar-refractivity contribution < 1.29 is 19.1 Å². The van der Waals surface area contributed by atoms with Crippen LogP contribution in [0.3, 0.4) is 0 Å². The molecule has 0 aliphatic rings. The lowest BCUT2D eigenvalue weighted by molar-refractivity contribution is -0.163. The van der Waals surface area contributed by atoms with Crippen molar-refractivity contribution in [1.82, 2.24) is 0 Å². The van der Waals surface area contributed by atoms with Gasteiger partial charge < -0.3 is 9.47 Å². The summed E-state index contributed by atoms with van der Waals surface area (Å²) < 4.78 is 11.1. The molecule has 0 aromatic heterocycles. The van der Waals surface area contributed by atoms with Gasteiger partial charge in [-0.25, -0.2) is 0 Å². The number of carbonyl (C=O) groups excluding carboxylic acids is 2. The van der Waals surface area contributed by atoms with Gasteiger partial charge in [0, 0.05) is 9.92 Å². The molecule has 0 aliphatic carbocycles. The Morgan fingerprint density at radius 2 is 1.70 bits per heavy atom. The molecule has 0 spiro atoms. The van der Waals surface area contributed by atoms with Gasteiger partial charge in [-0.2, -0.15) is 0 Å². The molecule has 2 aromatic carbocycles. The molecule has 6 heteroatoms. The summed E-state index contributed by atoms with van der Waals surface area (Å²) in [5, 5.41) is 0.532.